The Morgan fingerprint density at radius 3 is 2.62 bits per heavy atom. The van der Waals surface area contributed by atoms with Crippen molar-refractivity contribution in [3.63, 3.8) is 0 Å². The number of carboxylic acid groups (broad SMARTS) is 1. The van der Waals surface area contributed by atoms with Gasteiger partial charge in [0.05, 0.1) is 5.92 Å². The average molecular weight is 292 g/mol. The van der Waals surface area contributed by atoms with Crippen LogP contribution in [0.3, 0.4) is 0 Å². The zero-order chi connectivity index (χ0) is 15.7. The molecule has 4 heteroatoms. The highest BCUT2D eigenvalue weighted by Crippen LogP contribution is 2.31. The number of halogens is 1. The van der Waals surface area contributed by atoms with Gasteiger partial charge in [-0.05, 0) is 62.8 Å². The number of aliphatic carboxylic acids is 1. The highest BCUT2D eigenvalue weighted by atomic mass is 19.1. The van der Waals surface area contributed by atoms with Gasteiger partial charge in [-0.1, -0.05) is 0 Å². The first-order valence-corrected chi connectivity index (χ1v) is 7.37. The number of carboxylic acids is 1. The summed E-state index contributed by atoms with van der Waals surface area (Å²) in [4.78, 5) is 22.9. The third-order valence-electron chi connectivity index (χ3n) is 4.71. The quantitative estimate of drug-likeness (QED) is 0.923. The first-order valence-electron chi connectivity index (χ1n) is 7.37. The molecule has 1 aliphatic carbocycles. The van der Waals surface area contributed by atoms with Crippen molar-refractivity contribution < 1.29 is 19.1 Å². The molecule has 3 nitrogen and oxygen atoms in total. The highest BCUT2D eigenvalue weighted by Gasteiger charge is 2.27. The van der Waals surface area contributed by atoms with Gasteiger partial charge in [0, 0.05) is 17.9 Å². The van der Waals surface area contributed by atoms with Crippen LogP contribution >= 0.6 is 0 Å². The molecule has 1 N–H and O–H groups in total. The van der Waals surface area contributed by atoms with E-state index in [1.54, 1.807) is 6.92 Å². The van der Waals surface area contributed by atoms with Crippen molar-refractivity contribution in [3.05, 3.63) is 34.1 Å². The van der Waals surface area contributed by atoms with Crippen molar-refractivity contribution in [2.24, 2.45) is 5.92 Å². The molecule has 0 aromatic heterocycles. The Bertz CT molecular complexity index is 592. The highest BCUT2D eigenvalue weighted by molar-refractivity contribution is 5.83. The van der Waals surface area contributed by atoms with Gasteiger partial charge < -0.3 is 5.11 Å². The fourth-order valence-corrected chi connectivity index (χ4v) is 3.20. The van der Waals surface area contributed by atoms with E-state index in [4.69, 9.17) is 5.11 Å². The first-order chi connectivity index (χ1) is 9.82. The van der Waals surface area contributed by atoms with E-state index in [0.29, 0.717) is 18.4 Å². The Morgan fingerprint density at radius 2 is 2.10 bits per heavy atom. The molecule has 0 bridgehead atoms. The van der Waals surface area contributed by atoms with Gasteiger partial charge in [0.25, 0.3) is 0 Å². The third-order valence-corrected chi connectivity index (χ3v) is 4.71. The summed E-state index contributed by atoms with van der Waals surface area (Å²) < 4.78 is 14.3. The lowest BCUT2D eigenvalue weighted by molar-refractivity contribution is -0.138. The Hall–Kier alpha value is -1.71. The molecule has 0 spiro atoms. The van der Waals surface area contributed by atoms with Gasteiger partial charge in [-0.25, -0.2) is 4.39 Å². The number of Topliss-reactive ketones (excluding diaryl/α,β-unsaturated/α-hetero) is 1. The van der Waals surface area contributed by atoms with E-state index < -0.39 is 17.7 Å². The number of carbonyl (C=O) groups is 2. The van der Waals surface area contributed by atoms with Crippen molar-refractivity contribution in [2.75, 3.05) is 0 Å². The van der Waals surface area contributed by atoms with E-state index in [9.17, 15) is 14.0 Å². The lowest BCUT2D eigenvalue weighted by Crippen LogP contribution is -2.15. The monoisotopic (exact) mass is 292 g/mol. The van der Waals surface area contributed by atoms with Gasteiger partial charge >= 0.3 is 5.97 Å². The summed E-state index contributed by atoms with van der Waals surface area (Å²) in [6, 6.07) is 1.42. The third kappa shape index (κ3) is 2.99. The van der Waals surface area contributed by atoms with Crippen LogP contribution < -0.4 is 0 Å². The smallest absolute Gasteiger partial charge is 0.310 e. The summed E-state index contributed by atoms with van der Waals surface area (Å²) in [5.74, 6) is -2.13. The lowest BCUT2D eigenvalue weighted by Gasteiger charge is -2.19. The van der Waals surface area contributed by atoms with Crippen molar-refractivity contribution in [3.8, 4) is 0 Å². The molecule has 0 heterocycles. The summed E-state index contributed by atoms with van der Waals surface area (Å²) in [7, 11) is 0. The minimum Gasteiger partial charge on any atom is -0.481 e. The number of rotatable bonds is 4. The van der Waals surface area contributed by atoms with Crippen LogP contribution in [0.2, 0.25) is 0 Å². The van der Waals surface area contributed by atoms with Crippen LogP contribution in [0.4, 0.5) is 4.39 Å². The molecule has 1 aromatic rings. The molecular formula is C17H21FO3. The molecule has 0 aliphatic heterocycles. The summed E-state index contributed by atoms with van der Waals surface area (Å²) >= 11 is 0. The molecule has 2 rings (SSSR count). The SMILES string of the molecule is Cc1c(CC2CCCC2=O)cc(F)c(C(C)C(=O)O)c1C. The Morgan fingerprint density at radius 1 is 1.43 bits per heavy atom. The number of ketones is 1. The predicted molar refractivity (Wildman–Crippen MR) is 78.0 cm³/mol. The van der Waals surface area contributed by atoms with Gasteiger partial charge in [0.1, 0.15) is 11.6 Å². The molecule has 1 aromatic carbocycles. The number of benzene rings is 1. The number of carbonyl (C=O) groups excluding carboxylic acids is 1. The predicted octanol–water partition coefficient (Wildman–Crippen LogP) is 3.54. The van der Waals surface area contributed by atoms with Crippen LogP contribution in [0.25, 0.3) is 0 Å². The fourth-order valence-electron chi connectivity index (χ4n) is 3.20. The largest absolute Gasteiger partial charge is 0.481 e. The fraction of sp³-hybridized carbons (Fsp3) is 0.529. The minimum absolute atomic E-state index is 0.00903. The molecule has 1 aliphatic rings. The topological polar surface area (TPSA) is 54.4 Å². The molecular weight excluding hydrogens is 271 g/mol. The second-order valence-electron chi connectivity index (χ2n) is 6.00. The van der Waals surface area contributed by atoms with Gasteiger partial charge in [0.2, 0.25) is 0 Å². The molecule has 0 amide bonds. The van der Waals surface area contributed by atoms with E-state index in [1.165, 1.54) is 13.0 Å². The van der Waals surface area contributed by atoms with Crippen LogP contribution in [-0.2, 0) is 16.0 Å². The minimum atomic E-state index is -1.03. The van der Waals surface area contributed by atoms with E-state index >= 15 is 0 Å². The average Bonchev–Trinajstić information content (AvgIpc) is 2.81. The van der Waals surface area contributed by atoms with Crippen LogP contribution in [0.15, 0.2) is 6.07 Å². The maximum Gasteiger partial charge on any atom is 0.310 e. The Balaban J connectivity index is 2.37. The first kappa shape index (κ1) is 15.7. The Kier molecular flexibility index (Phi) is 4.45. The van der Waals surface area contributed by atoms with E-state index in [-0.39, 0.29) is 17.3 Å². The standard InChI is InChI=1S/C17H21FO3/c1-9-10(2)16(11(3)17(20)21)14(18)8-13(9)7-12-5-4-6-15(12)19/h8,11-12H,4-7H2,1-3H3,(H,20,21). The van der Waals surface area contributed by atoms with E-state index in [0.717, 1.165) is 24.0 Å². The summed E-state index contributed by atoms with van der Waals surface area (Å²) in [5, 5.41) is 9.10. The van der Waals surface area contributed by atoms with Gasteiger partial charge in [-0.2, -0.15) is 0 Å². The molecule has 2 unspecified atom stereocenters. The molecule has 0 saturated heterocycles. The lowest BCUT2D eigenvalue weighted by atomic mass is 9.86. The van der Waals surface area contributed by atoms with Crippen LogP contribution in [0, 0.1) is 25.6 Å². The van der Waals surface area contributed by atoms with Crippen molar-refractivity contribution in [1.29, 1.82) is 0 Å². The summed E-state index contributed by atoms with van der Waals surface area (Å²) in [6.07, 6.45) is 2.97. The zero-order valence-corrected chi connectivity index (χ0v) is 12.7. The van der Waals surface area contributed by atoms with Crippen LogP contribution in [0.5, 0.6) is 0 Å². The van der Waals surface area contributed by atoms with Gasteiger partial charge in [-0.3, -0.25) is 9.59 Å². The Labute approximate surface area is 124 Å². The van der Waals surface area contributed by atoms with E-state index in [2.05, 4.69) is 0 Å². The number of hydrogen-bond acceptors (Lipinski definition) is 2. The second kappa shape index (κ2) is 5.96. The maximum absolute atomic E-state index is 14.3. The van der Waals surface area contributed by atoms with Crippen LogP contribution in [-0.4, -0.2) is 16.9 Å². The normalized spacial score (nSPS) is 19.8. The molecule has 0 radical (unpaired) electrons. The molecule has 2 atom stereocenters. The maximum atomic E-state index is 14.3. The summed E-state index contributed by atoms with van der Waals surface area (Å²) in [5.41, 5.74) is 2.66. The molecule has 21 heavy (non-hydrogen) atoms. The molecule has 1 saturated carbocycles. The number of hydrogen-bond donors (Lipinski definition) is 1. The van der Waals surface area contributed by atoms with Gasteiger partial charge in [-0.15, -0.1) is 0 Å². The van der Waals surface area contributed by atoms with Crippen LogP contribution in [0.1, 0.15) is 54.4 Å². The second-order valence-corrected chi connectivity index (χ2v) is 6.00. The summed E-state index contributed by atoms with van der Waals surface area (Å²) in [6.45, 7) is 5.13. The molecule has 114 valence electrons. The van der Waals surface area contributed by atoms with Crippen molar-refractivity contribution in [1.82, 2.24) is 0 Å². The van der Waals surface area contributed by atoms with Crippen molar-refractivity contribution in [2.45, 2.75) is 52.4 Å². The molecule has 1 fully saturated rings. The van der Waals surface area contributed by atoms with E-state index in [1.807, 2.05) is 6.92 Å². The zero-order valence-electron chi connectivity index (χ0n) is 12.7. The van der Waals surface area contributed by atoms with Crippen molar-refractivity contribution >= 4 is 11.8 Å². The van der Waals surface area contributed by atoms with Gasteiger partial charge in [0.15, 0.2) is 0 Å².